The lowest BCUT2D eigenvalue weighted by molar-refractivity contribution is -0.355. The van der Waals surface area contributed by atoms with Gasteiger partial charge >= 0.3 is 23.9 Å². The first-order valence-electron chi connectivity index (χ1n) is 33.9. The van der Waals surface area contributed by atoms with E-state index in [0.717, 1.165) is 33.4 Å². The van der Waals surface area contributed by atoms with Gasteiger partial charge in [-0.1, -0.05) is 142 Å². The largest absolute Gasteiger partial charge is 0.463 e. The predicted octanol–water partition coefficient (Wildman–Crippen LogP) is 1.32. The number of esters is 4. The number of aliphatic hydroxyl groups excluding tert-OH is 13. The average molecular weight is 1440 g/mol. The molecule has 4 saturated heterocycles. The molecule has 4 heterocycles. The van der Waals surface area contributed by atoms with Crippen LogP contribution in [0.15, 0.2) is 130 Å². The molecule has 6 rings (SSSR count). The Morgan fingerprint density at radius 1 is 0.441 bits per heavy atom. The van der Waals surface area contributed by atoms with Crippen molar-refractivity contribution in [2.45, 2.75) is 256 Å². The number of hydrogen-bond donors (Lipinski definition) is 13. The fourth-order valence-electron chi connectivity index (χ4n) is 12.4. The maximum absolute atomic E-state index is 13.6. The summed E-state index contributed by atoms with van der Waals surface area (Å²) in [6, 6.07) is 0. The topological polar surface area (TPSA) is 458 Å². The molecular weight excluding hydrogens is 1340 g/mol. The highest BCUT2D eigenvalue weighted by Crippen LogP contribution is 2.43. The summed E-state index contributed by atoms with van der Waals surface area (Å²) < 4.78 is 54.4. The van der Waals surface area contributed by atoms with Crippen molar-refractivity contribution < 1.29 is 143 Å². The Labute approximate surface area is 592 Å². The van der Waals surface area contributed by atoms with Gasteiger partial charge in [0.15, 0.2) is 48.9 Å². The van der Waals surface area contributed by atoms with Gasteiger partial charge in [-0.2, -0.15) is 0 Å². The highest BCUT2D eigenvalue weighted by atomic mass is 16.7. The molecule has 6 aliphatic rings. The number of ether oxygens (including phenoxy) is 10. The van der Waals surface area contributed by atoms with Crippen molar-refractivity contribution in [1.29, 1.82) is 0 Å². The third-order valence-corrected chi connectivity index (χ3v) is 18.5. The van der Waals surface area contributed by atoms with Crippen LogP contribution < -0.4 is 0 Å². The lowest BCUT2D eigenvalue weighted by Crippen LogP contribution is -2.64. The van der Waals surface area contributed by atoms with Crippen molar-refractivity contribution in [3.8, 4) is 0 Å². The van der Waals surface area contributed by atoms with Crippen molar-refractivity contribution in [3.05, 3.63) is 130 Å². The summed E-state index contributed by atoms with van der Waals surface area (Å²) in [6.45, 7) is 18.3. The molecule has 4 aliphatic heterocycles. The van der Waals surface area contributed by atoms with Crippen LogP contribution in [0.4, 0.5) is 0 Å². The molecule has 0 aromatic rings. The van der Waals surface area contributed by atoms with Gasteiger partial charge in [0.1, 0.15) is 105 Å². The second-order valence-electron chi connectivity index (χ2n) is 27.6. The van der Waals surface area contributed by atoms with Gasteiger partial charge < -0.3 is 114 Å². The average Bonchev–Trinajstić information content (AvgIpc) is 0.803. The fourth-order valence-corrected chi connectivity index (χ4v) is 12.4. The van der Waals surface area contributed by atoms with Crippen molar-refractivity contribution in [2.75, 3.05) is 19.8 Å². The molecule has 0 aromatic heterocycles. The standard InChI is InChI=1S/C73H102O29/c1-12-44-56(81)58(83)64(89)70(99-44)101-66-48(97-68(91)62(87)60(66)85)34-93-50(75)27-29-52(77)95-45-31-72(8,9)42(40(6)54(45)79)25-23-38(4)21-15-19-36(2)17-13-14-18-37(3)20-16-22-39(5)24-26-43-41(7)55(80)46(32-73(43,10)11)96-53(78)30-28-51(76)94-35-49-67(61(86)63(88)69(92)98-49)102-71-65(90)59(84)57(82)47(33-74)100-71/h13-26,44-49,56-71,74,81-92H,12,27-35H2,1-11H3/b14-13+,19-15+,20-16+,25-23+,26-24+,36-17+,37-18+,38-21+,39-22+. The summed E-state index contributed by atoms with van der Waals surface area (Å²) >= 11 is 0. The van der Waals surface area contributed by atoms with Crippen molar-refractivity contribution in [1.82, 2.24) is 0 Å². The quantitative estimate of drug-likeness (QED) is 0.0298. The van der Waals surface area contributed by atoms with E-state index in [9.17, 15) is 95.2 Å². The van der Waals surface area contributed by atoms with E-state index in [1.54, 1.807) is 20.8 Å². The third-order valence-electron chi connectivity index (χ3n) is 18.5. The van der Waals surface area contributed by atoms with E-state index in [1.807, 2.05) is 140 Å². The van der Waals surface area contributed by atoms with Gasteiger partial charge in [-0.05, 0) is 81.1 Å². The smallest absolute Gasteiger partial charge is 0.307 e. The number of carbonyl (C=O) groups excluding carboxylic acids is 6. The van der Waals surface area contributed by atoms with Gasteiger partial charge in [-0.25, -0.2) is 0 Å². The molecule has 0 saturated carbocycles. The zero-order chi connectivity index (χ0) is 75.8. The number of Topliss-reactive ketones (excluding diaryl/α,β-unsaturated/α-hetero) is 2. The minimum atomic E-state index is -1.96. The summed E-state index contributed by atoms with van der Waals surface area (Å²) in [5.41, 5.74) is 4.89. The SMILES string of the molecule is CCC1OC(OC2C(COC(=O)CCC(=O)OC3CC(C)(C)C(/C=C/C(C)=C/C=C/C(C)=C/C=C/C=C(C)/C=C/C=C(C)/C=C/C4=C(C)C(=O)C(OC(=O)CCC(=O)OCC5OC(O)C(O)C(O)C5OC5OC(CO)C(O)C(O)C5O)CC4(C)C)=C(C)C3=O)OC(O)C(O)C2O)C(O)C(O)C1O. The van der Waals surface area contributed by atoms with E-state index in [4.69, 9.17) is 47.4 Å². The summed E-state index contributed by atoms with van der Waals surface area (Å²) in [7, 11) is 0. The van der Waals surface area contributed by atoms with Crippen molar-refractivity contribution in [2.24, 2.45) is 10.8 Å². The van der Waals surface area contributed by atoms with E-state index in [0.29, 0.717) is 11.1 Å². The highest BCUT2D eigenvalue weighted by Gasteiger charge is 2.53. The number of allylic oxidation sites excluding steroid dienone is 20. The molecule has 568 valence electrons. The zero-order valence-electron chi connectivity index (χ0n) is 59.2. The Hall–Kier alpha value is -6.40. The predicted molar refractivity (Wildman–Crippen MR) is 359 cm³/mol. The molecule has 102 heavy (non-hydrogen) atoms. The number of carbonyl (C=O) groups is 6. The van der Waals surface area contributed by atoms with Crippen molar-refractivity contribution in [3.63, 3.8) is 0 Å². The van der Waals surface area contributed by atoms with Crippen LogP contribution in [0.5, 0.6) is 0 Å². The van der Waals surface area contributed by atoms with E-state index in [2.05, 4.69) is 0 Å². The molecule has 29 nitrogen and oxygen atoms in total. The van der Waals surface area contributed by atoms with E-state index < -0.39 is 221 Å². The number of hydrogen-bond acceptors (Lipinski definition) is 29. The van der Waals surface area contributed by atoms with Crippen LogP contribution in [0.3, 0.4) is 0 Å². The molecule has 0 spiro atoms. The van der Waals surface area contributed by atoms with Gasteiger partial charge in [-0.15, -0.1) is 0 Å². The minimum absolute atomic E-state index is 0.159. The Balaban J connectivity index is 0.913. The Bertz CT molecular complexity index is 3070. The first-order valence-corrected chi connectivity index (χ1v) is 33.9. The minimum Gasteiger partial charge on any atom is -0.463 e. The number of rotatable bonds is 28. The number of aliphatic hydroxyl groups is 13. The van der Waals surface area contributed by atoms with Crippen molar-refractivity contribution >= 4 is 35.4 Å². The molecule has 22 atom stereocenters. The van der Waals surface area contributed by atoms with Gasteiger partial charge in [0, 0.05) is 12.8 Å². The van der Waals surface area contributed by atoms with Crippen LogP contribution in [-0.2, 0) is 76.1 Å². The van der Waals surface area contributed by atoms with Crippen LogP contribution in [0.25, 0.3) is 0 Å². The molecule has 0 bridgehead atoms. The normalized spacial score (nSPS) is 35.3. The van der Waals surface area contributed by atoms with E-state index in [1.165, 1.54) is 0 Å². The Kier molecular flexibility index (Phi) is 31.5. The van der Waals surface area contributed by atoms with Crippen LogP contribution in [-0.4, -0.2) is 257 Å². The van der Waals surface area contributed by atoms with Gasteiger partial charge in [0.25, 0.3) is 0 Å². The second kappa shape index (κ2) is 38.0. The maximum atomic E-state index is 13.6. The van der Waals surface area contributed by atoms with Crippen LogP contribution in [0.1, 0.15) is 121 Å². The molecule has 0 aromatic carbocycles. The van der Waals surface area contributed by atoms with Crippen LogP contribution >= 0.6 is 0 Å². The van der Waals surface area contributed by atoms with E-state index in [-0.39, 0.29) is 25.0 Å². The molecule has 13 N–H and O–H groups in total. The molecule has 22 unspecified atom stereocenters. The lowest BCUT2D eigenvalue weighted by Gasteiger charge is -2.45. The summed E-state index contributed by atoms with van der Waals surface area (Å²) in [6.07, 6.45) is -10.5. The Morgan fingerprint density at radius 2 is 0.784 bits per heavy atom. The Morgan fingerprint density at radius 3 is 1.16 bits per heavy atom. The summed E-state index contributed by atoms with van der Waals surface area (Å²) in [5, 5.41) is 134. The summed E-state index contributed by atoms with van der Waals surface area (Å²) in [4.78, 5) is 78.7. The highest BCUT2D eigenvalue weighted by molar-refractivity contribution is 6.02. The molecule has 29 heteroatoms. The fraction of sp³-hybridized carbons (Fsp3) is 0.616. The second-order valence-corrected chi connectivity index (χ2v) is 27.6. The first-order chi connectivity index (χ1) is 47.9. The lowest BCUT2D eigenvalue weighted by atomic mass is 9.71. The molecule has 0 radical (unpaired) electrons. The van der Waals surface area contributed by atoms with Crippen LogP contribution in [0, 0.1) is 10.8 Å². The molecule has 4 fully saturated rings. The van der Waals surface area contributed by atoms with Gasteiger partial charge in [0.2, 0.25) is 0 Å². The van der Waals surface area contributed by atoms with Gasteiger partial charge in [0.05, 0.1) is 38.4 Å². The first kappa shape index (κ1) is 84.5. The third kappa shape index (κ3) is 22.6. The van der Waals surface area contributed by atoms with E-state index >= 15 is 0 Å². The summed E-state index contributed by atoms with van der Waals surface area (Å²) in [5.74, 6) is -4.32. The molecule has 2 aliphatic carbocycles. The zero-order valence-corrected chi connectivity index (χ0v) is 59.2. The maximum Gasteiger partial charge on any atom is 0.307 e. The number of ketones is 2. The van der Waals surface area contributed by atoms with Crippen LogP contribution in [0.2, 0.25) is 0 Å². The monoisotopic (exact) mass is 1440 g/mol. The van der Waals surface area contributed by atoms with Gasteiger partial charge in [-0.3, -0.25) is 28.8 Å². The molecular formula is C73H102O29. The molecule has 0 amide bonds.